The molecule has 1 amide bonds. The van der Waals surface area contributed by atoms with Gasteiger partial charge in [0.25, 0.3) is 11.8 Å². The SMILES string of the molecule is O=C(Nc1ccc(Cl)cc1)c1cn(-c2ncccc2-c2nc(C3CC3)no2)cn1. The van der Waals surface area contributed by atoms with Gasteiger partial charge in [-0.2, -0.15) is 4.98 Å². The predicted octanol–water partition coefficient (Wildman–Crippen LogP) is 4.10. The van der Waals surface area contributed by atoms with Gasteiger partial charge in [-0.1, -0.05) is 16.8 Å². The lowest BCUT2D eigenvalue weighted by Gasteiger charge is -2.05. The van der Waals surface area contributed by atoms with Crippen molar-refractivity contribution in [3.8, 4) is 17.3 Å². The van der Waals surface area contributed by atoms with E-state index in [1.165, 1.54) is 6.33 Å². The molecule has 144 valence electrons. The number of carbonyl (C=O) groups is 1. The first kappa shape index (κ1) is 17.6. The number of aromatic nitrogens is 5. The van der Waals surface area contributed by atoms with Crippen molar-refractivity contribution in [2.45, 2.75) is 18.8 Å². The van der Waals surface area contributed by atoms with Gasteiger partial charge in [0.2, 0.25) is 0 Å². The summed E-state index contributed by atoms with van der Waals surface area (Å²) in [5.41, 5.74) is 1.56. The molecule has 0 unspecified atom stereocenters. The van der Waals surface area contributed by atoms with Crippen molar-refractivity contribution in [2.24, 2.45) is 0 Å². The van der Waals surface area contributed by atoms with Crippen LogP contribution in [0, 0.1) is 0 Å². The van der Waals surface area contributed by atoms with E-state index in [2.05, 4.69) is 25.4 Å². The normalized spacial score (nSPS) is 13.4. The van der Waals surface area contributed by atoms with E-state index in [-0.39, 0.29) is 11.6 Å². The van der Waals surface area contributed by atoms with Crippen LogP contribution < -0.4 is 5.32 Å². The first-order chi connectivity index (χ1) is 14.2. The molecule has 29 heavy (non-hydrogen) atoms. The summed E-state index contributed by atoms with van der Waals surface area (Å²) < 4.78 is 7.09. The zero-order valence-electron chi connectivity index (χ0n) is 15.1. The van der Waals surface area contributed by atoms with Crippen molar-refractivity contribution in [3.05, 3.63) is 71.7 Å². The quantitative estimate of drug-likeness (QED) is 0.535. The Morgan fingerprint density at radius 1 is 1.17 bits per heavy atom. The molecule has 1 aliphatic rings. The maximum Gasteiger partial charge on any atom is 0.275 e. The lowest BCUT2D eigenvalue weighted by Crippen LogP contribution is -2.12. The smallest absolute Gasteiger partial charge is 0.275 e. The van der Waals surface area contributed by atoms with Crippen LogP contribution in [0.15, 0.2) is 59.6 Å². The Balaban J connectivity index is 1.41. The average molecular weight is 407 g/mol. The van der Waals surface area contributed by atoms with E-state index in [1.54, 1.807) is 47.3 Å². The van der Waals surface area contributed by atoms with Crippen LogP contribution in [0.5, 0.6) is 0 Å². The maximum absolute atomic E-state index is 12.5. The monoisotopic (exact) mass is 406 g/mol. The number of rotatable bonds is 5. The number of nitrogens with one attached hydrogen (secondary N) is 1. The van der Waals surface area contributed by atoms with E-state index < -0.39 is 0 Å². The number of nitrogens with zero attached hydrogens (tertiary/aromatic N) is 5. The lowest BCUT2D eigenvalue weighted by molar-refractivity contribution is 0.102. The lowest BCUT2D eigenvalue weighted by atomic mass is 10.2. The van der Waals surface area contributed by atoms with E-state index in [1.807, 2.05) is 6.07 Å². The van der Waals surface area contributed by atoms with E-state index in [4.69, 9.17) is 16.1 Å². The highest BCUT2D eigenvalue weighted by molar-refractivity contribution is 6.30. The Morgan fingerprint density at radius 3 is 2.79 bits per heavy atom. The van der Waals surface area contributed by atoms with Gasteiger partial charge < -0.3 is 9.84 Å². The van der Waals surface area contributed by atoms with Crippen molar-refractivity contribution >= 4 is 23.2 Å². The van der Waals surface area contributed by atoms with Crippen molar-refractivity contribution in [3.63, 3.8) is 0 Å². The first-order valence-electron chi connectivity index (χ1n) is 9.07. The Morgan fingerprint density at radius 2 is 2.00 bits per heavy atom. The highest BCUT2D eigenvalue weighted by atomic mass is 35.5. The summed E-state index contributed by atoms with van der Waals surface area (Å²) in [4.78, 5) is 25.6. The van der Waals surface area contributed by atoms with Gasteiger partial charge in [-0.25, -0.2) is 9.97 Å². The van der Waals surface area contributed by atoms with Crippen molar-refractivity contribution in [1.29, 1.82) is 0 Å². The summed E-state index contributed by atoms with van der Waals surface area (Å²) in [6, 6.07) is 10.5. The fourth-order valence-corrected chi connectivity index (χ4v) is 3.03. The number of amides is 1. The van der Waals surface area contributed by atoms with Gasteiger partial charge in [-0.3, -0.25) is 9.36 Å². The van der Waals surface area contributed by atoms with Crippen molar-refractivity contribution in [1.82, 2.24) is 24.7 Å². The molecule has 1 saturated carbocycles. The first-order valence-corrected chi connectivity index (χ1v) is 9.45. The third kappa shape index (κ3) is 3.62. The number of hydrogen-bond donors (Lipinski definition) is 1. The largest absolute Gasteiger partial charge is 0.334 e. The molecule has 1 aliphatic carbocycles. The molecule has 4 aromatic rings. The van der Waals surface area contributed by atoms with Crippen LogP contribution in [-0.4, -0.2) is 30.6 Å². The molecule has 0 bridgehead atoms. The molecule has 0 radical (unpaired) electrons. The van der Waals surface area contributed by atoms with Crippen molar-refractivity contribution in [2.75, 3.05) is 5.32 Å². The summed E-state index contributed by atoms with van der Waals surface area (Å²) in [5.74, 6) is 1.73. The molecule has 9 heteroatoms. The molecule has 5 rings (SSSR count). The average Bonchev–Trinajstić information content (AvgIpc) is 3.27. The number of pyridine rings is 1. The standard InChI is InChI=1S/C20H15ClN6O2/c21-13-5-7-14(8-6-13)24-19(28)16-10-27(11-23-16)18-15(2-1-9-22-18)20-25-17(26-29-20)12-3-4-12/h1-2,5-12H,3-4H2,(H,24,28). The van der Waals surface area contributed by atoms with Crippen LogP contribution in [-0.2, 0) is 0 Å². The van der Waals surface area contributed by atoms with E-state index in [9.17, 15) is 4.79 Å². The summed E-state index contributed by atoms with van der Waals surface area (Å²) in [7, 11) is 0. The van der Waals surface area contributed by atoms with Gasteiger partial charge in [-0.15, -0.1) is 0 Å². The van der Waals surface area contributed by atoms with Crippen LogP contribution in [0.1, 0.15) is 35.1 Å². The summed E-state index contributed by atoms with van der Waals surface area (Å²) in [6.45, 7) is 0. The maximum atomic E-state index is 12.5. The summed E-state index contributed by atoms with van der Waals surface area (Å²) in [5, 5.41) is 7.45. The summed E-state index contributed by atoms with van der Waals surface area (Å²) in [6.07, 6.45) is 6.97. The molecular weight excluding hydrogens is 392 g/mol. The van der Waals surface area contributed by atoms with E-state index in [0.29, 0.717) is 33.9 Å². The zero-order chi connectivity index (χ0) is 19.8. The molecule has 0 atom stereocenters. The van der Waals surface area contributed by atoms with Crippen LogP contribution in [0.4, 0.5) is 5.69 Å². The Bertz CT molecular complexity index is 1180. The molecule has 3 aromatic heterocycles. The molecule has 1 fully saturated rings. The number of carbonyl (C=O) groups excluding carboxylic acids is 1. The van der Waals surface area contributed by atoms with Gasteiger partial charge in [0.05, 0.1) is 5.56 Å². The fraction of sp³-hybridized carbons (Fsp3) is 0.150. The second kappa shape index (κ2) is 7.14. The molecular formula is C20H15ClN6O2. The van der Waals surface area contributed by atoms with E-state index in [0.717, 1.165) is 18.7 Å². The Hall–Kier alpha value is -3.52. The molecule has 1 N–H and O–H groups in total. The van der Waals surface area contributed by atoms with Gasteiger partial charge in [0.1, 0.15) is 12.0 Å². The van der Waals surface area contributed by atoms with Gasteiger partial charge in [0.15, 0.2) is 11.6 Å². The minimum atomic E-state index is -0.336. The number of anilines is 1. The van der Waals surface area contributed by atoms with E-state index >= 15 is 0 Å². The minimum Gasteiger partial charge on any atom is -0.334 e. The van der Waals surface area contributed by atoms with Crippen LogP contribution in [0.3, 0.4) is 0 Å². The second-order valence-electron chi connectivity index (χ2n) is 6.73. The van der Waals surface area contributed by atoms with Gasteiger partial charge in [-0.05, 0) is 49.2 Å². The van der Waals surface area contributed by atoms with Crippen LogP contribution in [0.25, 0.3) is 17.3 Å². The third-order valence-electron chi connectivity index (χ3n) is 4.56. The number of imidazole rings is 1. The molecule has 0 saturated heterocycles. The molecule has 8 nitrogen and oxygen atoms in total. The van der Waals surface area contributed by atoms with Crippen LogP contribution in [0.2, 0.25) is 5.02 Å². The molecule has 3 heterocycles. The van der Waals surface area contributed by atoms with Gasteiger partial charge >= 0.3 is 0 Å². The number of hydrogen-bond acceptors (Lipinski definition) is 6. The highest BCUT2D eigenvalue weighted by Gasteiger charge is 2.29. The Kier molecular flexibility index (Phi) is 4.33. The topological polar surface area (TPSA) is 98.7 Å². The predicted molar refractivity (Wildman–Crippen MR) is 106 cm³/mol. The fourth-order valence-electron chi connectivity index (χ4n) is 2.91. The molecule has 0 spiro atoms. The number of benzene rings is 1. The zero-order valence-corrected chi connectivity index (χ0v) is 15.9. The molecule has 1 aromatic carbocycles. The Labute approximate surface area is 170 Å². The second-order valence-corrected chi connectivity index (χ2v) is 7.17. The molecule has 0 aliphatic heterocycles. The van der Waals surface area contributed by atoms with Crippen molar-refractivity contribution < 1.29 is 9.32 Å². The van der Waals surface area contributed by atoms with Gasteiger partial charge in [0, 0.05) is 29.0 Å². The number of halogens is 1. The van der Waals surface area contributed by atoms with Crippen LogP contribution >= 0.6 is 11.6 Å². The minimum absolute atomic E-state index is 0.251. The summed E-state index contributed by atoms with van der Waals surface area (Å²) >= 11 is 5.87. The third-order valence-corrected chi connectivity index (χ3v) is 4.82. The highest BCUT2D eigenvalue weighted by Crippen LogP contribution is 2.39.